The molecule has 1 N–H and O–H groups in total. The molecule has 0 unspecified atom stereocenters. The van der Waals surface area contributed by atoms with Crippen molar-refractivity contribution in [2.45, 2.75) is 37.6 Å². The Morgan fingerprint density at radius 2 is 1.60 bits per heavy atom. The van der Waals surface area contributed by atoms with Crippen molar-refractivity contribution < 1.29 is 26.4 Å². The van der Waals surface area contributed by atoms with Crippen molar-refractivity contribution in [3.8, 4) is 5.75 Å². The molecule has 1 saturated heterocycles. The van der Waals surface area contributed by atoms with E-state index in [1.807, 2.05) is 31.2 Å². The van der Waals surface area contributed by atoms with Gasteiger partial charge < -0.3 is 10.1 Å². The number of hydrogen-bond donors (Lipinski definition) is 1. The van der Waals surface area contributed by atoms with Gasteiger partial charge in [-0.15, -0.1) is 0 Å². The van der Waals surface area contributed by atoms with Crippen molar-refractivity contribution in [1.82, 2.24) is 13.9 Å². The minimum atomic E-state index is -3.58. The molecule has 11 heteroatoms. The monoisotopic (exact) mass is 523 g/mol. The van der Waals surface area contributed by atoms with Crippen molar-refractivity contribution in [1.29, 1.82) is 0 Å². The second-order valence-electron chi connectivity index (χ2n) is 8.65. The Morgan fingerprint density at radius 3 is 2.20 bits per heavy atom. The van der Waals surface area contributed by atoms with Gasteiger partial charge >= 0.3 is 0 Å². The number of sulfonamides is 2. The van der Waals surface area contributed by atoms with E-state index in [1.165, 1.54) is 16.4 Å². The van der Waals surface area contributed by atoms with E-state index in [0.717, 1.165) is 41.0 Å². The lowest BCUT2D eigenvalue weighted by molar-refractivity contribution is -0.121. The van der Waals surface area contributed by atoms with Gasteiger partial charge in [0.05, 0.1) is 24.2 Å². The number of piperidine rings is 1. The molecule has 1 aliphatic heterocycles. The fourth-order valence-electron chi connectivity index (χ4n) is 3.73. The lowest BCUT2D eigenvalue weighted by Crippen LogP contribution is -2.40. The fraction of sp³-hybridized carbons (Fsp3) is 0.458. The highest BCUT2D eigenvalue weighted by Gasteiger charge is 2.25. The molecule has 1 amide bonds. The SMILES string of the molecule is Cc1ccc(CN(CC(=O)NCCOc2ccc(S(=O)(=O)N3CCCCC3)cc2)S(C)(=O)=O)cc1. The molecule has 9 nitrogen and oxygen atoms in total. The number of ether oxygens (including phenoxy) is 1. The Bertz CT molecular complexity index is 1190. The van der Waals surface area contributed by atoms with E-state index in [-0.39, 0.29) is 31.1 Å². The van der Waals surface area contributed by atoms with Crippen LogP contribution in [0.25, 0.3) is 0 Å². The molecule has 0 aliphatic carbocycles. The standard InChI is InChI=1S/C24H33N3O6S2/c1-20-6-8-21(9-7-20)18-27(34(2,29)30)19-24(28)25-14-17-33-22-10-12-23(13-11-22)35(31,32)26-15-4-3-5-16-26/h6-13H,3-5,14-19H2,1-2H3,(H,25,28). The molecule has 35 heavy (non-hydrogen) atoms. The van der Waals surface area contributed by atoms with Gasteiger partial charge in [0.25, 0.3) is 0 Å². The van der Waals surface area contributed by atoms with E-state index in [9.17, 15) is 21.6 Å². The van der Waals surface area contributed by atoms with Gasteiger partial charge in [-0.05, 0) is 49.6 Å². The molecule has 0 aromatic heterocycles. The molecule has 3 rings (SSSR count). The Kier molecular flexibility index (Phi) is 9.28. The summed E-state index contributed by atoms with van der Waals surface area (Å²) in [5.41, 5.74) is 1.86. The van der Waals surface area contributed by atoms with Gasteiger partial charge in [0.15, 0.2) is 0 Å². The van der Waals surface area contributed by atoms with Gasteiger partial charge in [-0.25, -0.2) is 16.8 Å². The molecule has 2 aromatic carbocycles. The summed E-state index contributed by atoms with van der Waals surface area (Å²) < 4.78 is 57.9. The van der Waals surface area contributed by atoms with Crippen molar-refractivity contribution in [2.24, 2.45) is 0 Å². The summed E-state index contributed by atoms with van der Waals surface area (Å²) >= 11 is 0. The fourth-order valence-corrected chi connectivity index (χ4v) is 5.98. The summed E-state index contributed by atoms with van der Waals surface area (Å²) in [7, 11) is -7.07. The van der Waals surface area contributed by atoms with Crippen LogP contribution in [0.2, 0.25) is 0 Å². The van der Waals surface area contributed by atoms with Crippen molar-refractivity contribution in [2.75, 3.05) is 39.0 Å². The largest absolute Gasteiger partial charge is 0.492 e. The highest BCUT2D eigenvalue weighted by molar-refractivity contribution is 7.89. The van der Waals surface area contributed by atoms with Gasteiger partial charge in [-0.1, -0.05) is 36.2 Å². The summed E-state index contributed by atoms with van der Waals surface area (Å²) in [5.74, 6) is 0.0445. The molecule has 2 aromatic rings. The summed E-state index contributed by atoms with van der Waals surface area (Å²) in [4.78, 5) is 12.5. The molecule has 0 atom stereocenters. The van der Waals surface area contributed by atoms with Crippen LogP contribution in [0.3, 0.4) is 0 Å². The molecule has 0 spiro atoms. The second kappa shape index (κ2) is 12.0. The summed E-state index contributed by atoms with van der Waals surface area (Å²) in [5, 5.41) is 2.66. The van der Waals surface area contributed by atoms with E-state index in [1.54, 1.807) is 12.1 Å². The number of nitrogens with zero attached hydrogens (tertiary/aromatic N) is 2. The maximum Gasteiger partial charge on any atom is 0.243 e. The molecule has 1 aliphatic rings. The highest BCUT2D eigenvalue weighted by atomic mass is 32.2. The van der Waals surface area contributed by atoms with Gasteiger partial charge in [0, 0.05) is 19.6 Å². The number of aryl methyl sites for hydroxylation is 1. The zero-order valence-corrected chi connectivity index (χ0v) is 21.8. The van der Waals surface area contributed by atoms with Crippen LogP contribution in [0.15, 0.2) is 53.4 Å². The van der Waals surface area contributed by atoms with E-state index in [0.29, 0.717) is 18.8 Å². The third-order valence-electron chi connectivity index (χ3n) is 5.74. The van der Waals surface area contributed by atoms with Crippen LogP contribution in [-0.2, 0) is 31.4 Å². The quantitative estimate of drug-likeness (QED) is 0.452. The van der Waals surface area contributed by atoms with Crippen LogP contribution >= 0.6 is 0 Å². The zero-order chi connectivity index (χ0) is 25.5. The zero-order valence-electron chi connectivity index (χ0n) is 20.1. The van der Waals surface area contributed by atoms with Gasteiger partial charge in [-0.2, -0.15) is 8.61 Å². The van der Waals surface area contributed by atoms with Crippen molar-refractivity contribution in [3.05, 3.63) is 59.7 Å². The lowest BCUT2D eigenvalue weighted by atomic mass is 10.1. The van der Waals surface area contributed by atoms with Gasteiger partial charge in [0.1, 0.15) is 12.4 Å². The Labute approximate surface area is 208 Å². The number of carbonyl (C=O) groups is 1. The normalized spacial score (nSPS) is 15.2. The molecular formula is C24H33N3O6S2. The third kappa shape index (κ3) is 8.03. The number of hydrogen-bond acceptors (Lipinski definition) is 6. The predicted octanol–water partition coefficient (Wildman–Crippen LogP) is 2.13. The third-order valence-corrected chi connectivity index (χ3v) is 8.85. The first-order valence-corrected chi connectivity index (χ1v) is 14.8. The van der Waals surface area contributed by atoms with E-state index < -0.39 is 26.0 Å². The topological polar surface area (TPSA) is 113 Å². The van der Waals surface area contributed by atoms with Crippen molar-refractivity contribution >= 4 is 26.0 Å². The number of benzene rings is 2. The second-order valence-corrected chi connectivity index (χ2v) is 12.6. The average Bonchev–Trinajstić information content (AvgIpc) is 2.83. The molecular weight excluding hydrogens is 490 g/mol. The van der Waals surface area contributed by atoms with Gasteiger partial charge in [-0.3, -0.25) is 4.79 Å². The van der Waals surface area contributed by atoms with Crippen molar-refractivity contribution in [3.63, 3.8) is 0 Å². The summed E-state index contributed by atoms with van der Waals surface area (Å²) in [6.45, 7) is 3.17. The first kappa shape index (κ1) is 27.1. The van der Waals surface area contributed by atoms with Crippen LogP contribution in [0.1, 0.15) is 30.4 Å². The average molecular weight is 524 g/mol. The Morgan fingerprint density at radius 1 is 0.971 bits per heavy atom. The highest BCUT2D eigenvalue weighted by Crippen LogP contribution is 2.22. The molecule has 0 bridgehead atoms. The van der Waals surface area contributed by atoms with E-state index >= 15 is 0 Å². The maximum atomic E-state index is 12.7. The first-order chi connectivity index (χ1) is 16.6. The number of nitrogens with one attached hydrogen (secondary N) is 1. The number of amides is 1. The maximum absolute atomic E-state index is 12.7. The smallest absolute Gasteiger partial charge is 0.243 e. The molecule has 192 valence electrons. The van der Waals surface area contributed by atoms with E-state index in [2.05, 4.69) is 5.32 Å². The number of rotatable bonds is 11. The molecule has 1 heterocycles. The number of carbonyl (C=O) groups excluding carboxylic acids is 1. The van der Waals surface area contributed by atoms with Crippen LogP contribution in [0.5, 0.6) is 5.75 Å². The van der Waals surface area contributed by atoms with Crippen LogP contribution < -0.4 is 10.1 Å². The summed E-state index contributed by atoms with van der Waals surface area (Å²) in [6, 6.07) is 13.7. The summed E-state index contributed by atoms with van der Waals surface area (Å²) in [6.07, 6.45) is 3.88. The first-order valence-electron chi connectivity index (χ1n) is 11.6. The van der Waals surface area contributed by atoms with Crippen LogP contribution in [0.4, 0.5) is 0 Å². The Balaban J connectivity index is 1.46. The molecule has 1 fully saturated rings. The molecule has 0 radical (unpaired) electrons. The lowest BCUT2D eigenvalue weighted by Gasteiger charge is -2.25. The minimum Gasteiger partial charge on any atom is -0.492 e. The Hall–Kier alpha value is -2.47. The molecule has 0 saturated carbocycles. The predicted molar refractivity (Wildman–Crippen MR) is 134 cm³/mol. The van der Waals surface area contributed by atoms with Crippen LogP contribution in [0, 0.1) is 6.92 Å². The minimum absolute atomic E-state index is 0.107. The van der Waals surface area contributed by atoms with Gasteiger partial charge in [0.2, 0.25) is 26.0 Å². The van der Waals surface area contributed by atoms with E-state index in [4.69, 9.17) is 4.74 Å². The van der Waals surface area contributed by atoms with Crippen LogP contribution in [-0.4, -0.2) is 70.4 Å².